The van der Waals surface area contributed by atoms with Crippen molar-refractivity contribution in [2.75, 3.05) is 23.7 Å². The van der Waals surface area contributed by atoms with Gasteiger partial charge in [-0.25, -0.2) is 8.42 Å². The number of nitrogens with zero attached hydrogens (tertiary/aromatic N) is 1. The van der Waals surface area contributed by atoms with Crippen molar-refractivity contribution in [2.45, 2.75) is 16.7 Å². The minimum Gasteiger partial charge on any atom is -0.351 e. The molecule has 0 saturated carbocycles. The number of carbonyl (C=O) groups excluding carboxylic acids is 1. The molecule has 1 amide bonds. The molecule has 1 N–H and O–H groups in total. The summed E-state index contributed by atoms with van der Waals surface area (Å²) in [5.41, 5.74) is 1.67. The molecule has 0 aliphatic carbocycles. The number of benzene rings is 3. The highest BCUT2D eigenvalue weighted by molar-refractivity contribution is 7.99. The monoisotopic (exact) mass is 440 g/mol. The molecule has 0 heterocycles. The van der Waals surface area contributed by atoms with Gasteiger partial charge < -0.3 is 5.32 Å². The van der Waals surface area contributed by atoms with Crippen LogP contribution in [0, 0.1) is 6.92 Å². The van der Waals surface area contributed by atoms with Gasteiger partial charge in [-0.1, -0.05) is 42.5 Å². The van der Waals surface area contributed by atoms with Gasteiger partial charge in [-0.3, -0.25) is 9.10 Å². The van der Waals surface area contributed by atoms with Crippen LogP contribution in [0.3, 0.4) is 0 Å². The summed E-state index contributed by atoms with van der Waals surface area (Å²) in [5, 5.41) is 2.90. The molecule has 0 atom stereocenters. The Labute approximate surface area is 182 Å². The topological polar surface area (TPSA) is 66.5 Å². The zero-order valence-electron chi connectivity index (χ0n) is 16.9. The summed E-state index contributed by atoms with van der Waals surface area (Å²) < 4.78 is 27.1. The lowest BCUT2D eigenvalue weighted by Crippen LogP contribution is -2.29. The molecular weight excluding hydrogens is 416 g/mol. The molecule has 0 radical (unpaired) electrons. The summed E-state index contributed by atoms with van der Waals surface area (Å²) in [7, 11) is -2.21. The minimum absolute atomic E-state index is 0.208. The number of sulfonamides is 1. The van der Waals surface area contributed by atoms with Crippen molar-refractivity contribution in [1.82, 2.24) is 5.32 Å². The number of carbonyl (C=O) groups is 1. The number of anilines is 1. The van der Waals surface area contributed by atoms with Crippen LogP contribution >= 0.6 is 11.8 Å². The maximum absolute atomic E-state index is 12.9. The van der Waals surface area contributed by atoms with Crippen molar-refractivity contribution >= 4 is 33.4 Å². The molecule has 0 aromatic heterocycles. The van der Waals surface area contributed by atoms with Crippen molar-refractivity contribution in [3.8, 4) is 0 Å². The summed E-state index contributed by atoms with van der Waals surface area (Å²) in [6, 6.07) is 23.3. The van der Waals surface area contributed by atoms with E-state index in [-0.39, 0.29) is 10.8 Å². The molecule has 3 rings (SSSR count). The second kappa shape index (κ2) is 9.82. The highest BCUT2D eigenvalue weighted by atomic mass is 32.2. The Morgan fingerprint density at radius 1 is 0.967 bits per heavy atom. The Bertz CT molecular complexity index is 1100. The van der Waals surface area contributed by atoms with Gasteiger partial charge in [-0.05, 0) is 48.9 Å². The molecule has 0 bridgehead atoms. The van der Waals surface area contributed by atoms with Gasteiger partial charge in [0.2, 0.25) is 0 Å². The van der Waals surface area contributed by atoms with E-state index in [1.807, 2.05) is 37.3 Å². The van der Waals surface area contributed by atoms with Crippen molar-refractivity contribution < 1.29 is 13.2 Å². The second-order valence-electron chi connectivity index (χ2n) is 6.70. The maximum Gasteiger partial charge on any atom is 0.264 e. The zero-order valence-corrected chi connectivity index (χ0v) is 18.5. The molecule has 3 aromatic rings. The first-order valence-electron chi connectivity index (χ1n) is 9.50. The van der Waals surface area contributed by atoms with Crippen LogP contribution in [0.15, 0.2) is 88.7 Å². The third kappa shape index (κ3) is 5.23. The molecule has 0 saturated heterocycles. The van der Waals surface area contributed by atoms with Crippen LogP contribution in [0.1, 0.15) is 15.9 Å². The number of thioether (sulfide) groups is 1. The molecule has 0 aliphatic rings. The van der Waals surface area contributed by atoms with Gasteiger partial charge in [0.15, 0.2) is 0 Å². The molecule has 0 unspecified atom stereocenters. The van der Waals surface area contributed by atoms with Crippen LogP contribution in [0.2, 0.25) is 0 Å². The summed E-state index contributed by atoms with van der Waals surface area (Å²) in [6.07, 6.45) is 0. The van der Waals surface area contributed by atoms with E-state index in [2.05, 4.69) is 5.32 Å². The lowest BCUT2D eigenvalue weighted by atomic mass is 10.1. The lowest BCUT2D eigenvalue weighted by Gasteiger charge is -2.22. The Morgan fingerprint density at radius 2 is 1.60 bits per heavy atom. The highest BCUT2D eigenvalue weighted by Gasteiger charge is 2.23. The second-order valence-corrected chi connectivity index (χ2v) is 9.84. The summed E-state index contributed by atoms with van der Waals surface area (Å²) in [6.45, 7) is 2.34. The molecule has 0 spiro atoms. The van der Waals surface area contributed by atoms with E-state index >= 15 is 0 Å². The zero-order chi connectivity index (χ0) is 21.6. The van der Waals surface area contributed by atoms with Crippen LogP contribution in [0.5, 0.6) is 0 Å². The Hall–Kier alpha value is -2.77. The van der Waals surface area contributed by atoms with Crippen LogP contribution in [0.4, 0.5) is 5.69 Å². The average molecular weight is 441 g/mol. The Kier molecular flexibility index (Phi) is 7.18. The summed E-state index contributed by atoms with van der Waals surface area (Å²) >= 11 is 1.67. The van der Waals surface area contributed by atoms with Gasteiger partial charge in [0.1, 0.15) is 0 Å². The normalized spacial score (nSPS) is 11.1. The Morgan fingerprint density at radius 3 is 2.27 bits per heavy atom. The van der Waals surface area contributed by atoms with E-state index in [1.54, 1.807) is 60.3 Å². The van der Waals surface area contributed by atoms with Crippen LogP contribution in [-0.4, -0.2) is 33.7 Å². The minimum atomic E-state index is -3.71. The Balaban J connectivity index is 1.69. The molecule has 5 nitrogen and oxygen atoms in total. The number of nitrogens with one attached hydrogen (secondary N) is 1. The van der Waals surface area contributed by atoms with Crippen molar-refractivity contribution in [2.24, 2.45) is 0 Å². The number of aryl methyl sites for hydroxylation is 1. The predicted octanol–water partition coefficient (Wildman–Crippen LogP) is 4.34. The molecule has 30 heavy (non-hydrogen) atoms. The van der Waals surface area contributed by atoms with E-state index < -0.39 is 10.0 Å². The predicted molar refractivity (Wildman–Crippen MR) is 123 cm³/mol. The average Bonchev–Trinajstić information content (AvgIpc) is 2.77. The largest absolute Gasteiger partial charge is 0.351 e. The SMILES string of the molecule is Cc1ccc(C(=O)NCCSc2ccccc2)cc1N(C)S(=O)(=O)c1ccccc1. The highest BCUT2D eigenvalue weighted by Crippen LogP contribution is 2.26. The third-order valence-corrected chi connectivity index (χ3v) is 7.41. The molecule has 7 heteroatoms. The molecule has 3 aromatic carbocycles. The van der Waals surface area contributed by atoms with Gasteiger partial charge in [0, 0.05) is 29.8 Å². The fourth-order valence-electron chi connectivity index (χ4n) is 2.92. The van der Waals surface area contributed by atoms with Crippen LogP contribution in [-0.2, 0) is 10.0 Å². The number of amides is 1. The number of hydrogen-bond donors (Lipinski definition) is 1. The van der Waals surface area contributed by atoms with Crippen molar-refractivity contribution in [3.63, 3.8) is 0 Å². The first-order valence-corrected chi connectivity index (χ1v) is 11.9. The number of rotatable bonds is 8. The van der Waals surface area contributed by atoms with Gasteiger partial charge in [-0.15, -0.1) is 11.8 Å². The summed E-state index contributed by atoms with van der Waals surface area (Å²) in [5.74, 6) is 0.520. The summed E-state index contributed by atoms with van der Waals surface area (Å²) in [4.78, 5) is 13.9. The quantitative estimate of drug-likeness (QED) is 0.418. The van der Waals surface area contributed by atoms with Gasteiger partial charge in [0.25, 0.3) is 15.9 Å². The van der Waals surface area contributed by atoms with E-state index in [0.717, 1.165) is 16.2 Å². The molecule has 156 valence electrons. The fraction of sp³-hybridized carbons (Fsp3) is 0.174. The number of hydrogen-bond acceptors (Lipinski definition) is 4. The van der Waals surface area contributed by atoms with Gasteiger partial charge >= 0.3 is 0 Å². The van der Waals surface area contributed by atoms with E-state index in [1.165, 1.54) is 11.4 Å². The van der Waals surface area contributed by atoms with E-state index in [9.17, 15) is 13.2 Å². The molecular formula is C23H24N2O3S2. The standard InChI is InChI=1S/C23H24N2O3S2/c1-18-13-14-19(23(26)24-15-16-29-20-9-5-3-6-10-20)17-22(18)25(2)30(27,28)21-11-7-4-8-12-21/h3-14,17H,15-16H2,1-2H3,(H,24,26). The molecule has 0 fully saturated rings. The first kappa shape index (κ1) is 21.9. The fourth-order valence-corrected chi connectivity index (χ4v) is 4.98. The van der Waals surface area contributed by atoms with E-state index in [4.69, 9.17) is 0 Å². The molecule has 0 aliphatic heterocycles. The van der Waals surface area contributed by atoms with Gasteiger partial charge in [-0.2, -0.15) is 0 Å². The maximum atomic E-state index is 12.9. The first-order chi connectivity index (χ1) is 14.4. The van der Waals surface area contributed by atoms with Gasteiger partial charge in [0.05, 0.1) is 10.6 Å². The van der Waals surface area contributed by atoms with Crippen molar-refractivity contribution in [3.05, 3.63) is 90.0 Å². The van der Waals surface area contributed by atoms with Crippen LogP contribution < -0.4 is 9.62 Å². The smallest absolute Gasteiger partial charge is 0.264 e. The lowest BCUT2D eigenvalue weighted by molar-refractivity contribution is 0.0956. The third-order valence-electron chi connectivity index (χ3n) is 4.61. The van der Waals surface area contributed by atoms with Crippen molar-refractivity contribution in [1.29, 1.82) is 0 Å². The van der Waals surface area contributed by atoms with E-state index in [0.29, 0.717) is 17.8 Å². The van der Waals surface area contributed by atoms with Crippen LogP contribution in [0.25, 0.3) is 0 Å².